The van der Waals surface area contributed by atoms with Gasteiger partial charge >= 0.3 is 5.97 Å². The first kappa shape index (κ1) is 15.6. The van der Waals surface area contributed by atoms with E-state index in [1.165, 1.54) is 13.2 Å². The summed E-state index contributed by atoms with van der Waals surface area (Å²) in [5.74, 6) is -0.322. The van der Waals surface area contributed by atoms with Gasteiger partial charge in [-0.25, -0.2) is 4.79 Å². The Kier molecular flexibility index (Phi) is 4.50. The molecule has 2 rings (SSSR count). The van der Waals surface area contributed by atoms with E-state index in [0.29, 0.717) is 29.3 Å². The van der Waals surface area contributed by atoms with E-state index < -0.39 is 5.97 Å². The van der Waals surface area contributed by atoms with Crippen LogP contribution < -0.4 is 14.4 Å². The number of rotatable bonds is 5. The highest BCUT2D eigenvalue weighted by Gasteiger charge is 2.28. The summed E-state index contributed by atoms with van der Waals surface area (Å²) in [5.41, 5.74) is 1.97. The molecule has 0 unspecified atom stereocenters. The lowest BCUT2D eigenvalue weighted by Gasteiger charge is -2.30. The van der Waals surface area contributed by atoms with Crippen molar-refractivity contribution < 1.29 is 24.2 Å². The molecule has 0 spiro atoms. The molecule has 0 bridgehead atoms. The molecule has 1 aliphatic rings. The Morgan fingerprint density at radius 1 is 1.55 bits per heavy atom. The predicted molar refractivity (Wildman–Crippen MR) is 82.3 cm³/mol. The Balaban J connectivity index is 2.53. The summed E-state index contributed by atoms with van der Waals surface area (Å²) in [6, 6.07) is 3.35. The van der Waals surface area contributed by atoms with Crippen molar-refractivity contribution in [2.24, 2.45) is 0 Å². The van der Waals surface area contributed by atoms with E-state index in [9.17, 15) is 9.59 Å². The van der Waals surface area contributed by atoms with E-state index in [0.717, 1.165) is 11.6 Å². The maximum Gasteiger partial charge on any atom is 0.328 e. The van der Waals surface area contributed by atoms with Gasteiger partial charge in [0, 0.05) is 12.6 Å². The molecule has 0 atom stereocenters. The summed E-state index contributed by atoms with van der Waals surface area (Å²) < 4.78 is 10.7. The van der Waals surface area contributed by atoms with Gasteiger partial charge in [0.1, 0.15) is 0 Å². The van der Waals surface area contributed by atoms with Crippen LogP contribution in [-0.4, -0.2) is 37.2 Å². The van der Waals surface area contributed by atoms with Crippen LogP contribution in [0.1, 0.15) is 12.5 Å². The van der Waals surface area contributed by atoms with E-state index in [2.05, 4.69) is 6.58 Å². The van der Waals surface area contributed by atoms with Gasteiger partial charge < -0.3 is 19.5 Å². The minimum absolute atomic E-state index is 0.0685. The van der Waals surface area contributed by atoms with Gasteiger partial charge in [0.25, 0.3) is 5.91 Å². The molecule has 1 amide bonds. The molecule has 1 aliphatic heterocycles. The van der Waals surface area contributed by atoms with Crippen LogP contribution in [0.4, 0.5) is 5.69 Å². The third-order valence-electron chi connectivity index (χ3n) is 3.06. The zero-order valence-electron chi connectivity index (χ0n) is 12.5. The van der Waals surface area contributed by atoms with Crippen LogP contribution in [0.15, 0.2) is 30.4 Å². The van der Waals surface area contributed by atoms with Crippen molar-refractivity contribution in [1.29, 1.82) is 0 Å². The minimum Gasteiger partial charge on any atom is -0.493 e. The molecule has 0 fully saturated rings. The SMILES string of the molecule is C=C(C)CN1C(=O)COc2c(OC)cc(/C=C/C(=O)O)cc21. The Morgan fingerprint density at radius 2 is 2.27 bits per heavy atom. The van der Waals surface area contributed by atoms with Gasteiger partial charge in [0.2, 0.25) is 0 Å². The number of carboxylic acid groups (broad SMARTS) is 1. The number of hydrogen-bond acceptors (Lipinski definition) is 4. The maximum atomic E-state index is 12.1. The van der Waals surface area contributed by atoms with Crippen molar-refractivity contribution in [3.05, 3.63) is 35.9 Å². The van der Waals surface area contributed by atoms with E-state index in [1.54, 1.807) is 17.0 Å². The van der Waals surface area contributed by atoms with Crippen LogP contribution in [-0.2, 0) is 9.59 Å². The summed E-state index contributed by atoms with van der Waals surface area (Å²) in [6.45, 7) is 5.95. The lowest BCUT2D eigenvalue weighted by Crippen LogP contribution is -2.39. The van der Waals surface area contributed by atoms with Crippen molar-refractivity contribution in [1.82, 2.24) is 0 Å². The highest BCUT2D eigenvalue weighted by atomic mass is 16.5. The Morgan fingerprint density at radius 3 is 2.86 bits per heavy atom. The first-order chi connectivity index (χ1) is 10.4. The topological polar surface area (TPSA) is 76.1 Å². The number of benzene rings is 1. The molecule has 6 nitrogen and oxygen atoms in total. The molecule has 6 heteroatoms. The standard InChI is InChI=1S/C16H17NO5/c1-10(2)8-17-12-6-11(4-5-15(19)20)7-13(21-3)16(12)22-9-14(17)18/h4-7H,1,8-9H2,2-3H3,(H,19,20)/b5-4+. The number of ether oxygens (including phenoxy) is 2. The van der Waals surface area contributed by atoms with E-state index >= 15 is 0 Å². The average molecular weight is 303 g/mol. The number of carbonyl (C=O) groups is 2. The number of amides is 1. The summed E-state index contributed by atoms with van der Waals surface area (Å²) >= 11 is 0. The molecule has 0 saturated carbocycles. The molecule has 0 saturated heterocycles. The van der Waals surface area contributed by atoms with Crippen LogP contribution in [0.2, 0.25) is 0 Å². The number of hydrogen-bond donors (Lipinski definition) is 1. The molecule has 1 aromatic carbocycles. The first-order valence-electron chi connectivity index (χ1n) is 6.63. The average Bonchev–Trinajstić information content (AvgIpc) is 2.46. The van der Waals surface area contributed by atoms with Crippen molar-refractivity contribution in [3.63, 3.8) is 0 Å². The predicted octanol–water partition coefficient (Wildman–Crippen LogP) is 2.09. The molecule has 1 N–H and O–H groups in total. The quantitative estimate of drug-likeness (QED) is 0.666. The van der Waals surface area contributed by atoms with Gasteiger partial charge in [0.05, 0.1) is 12.8 Å². The number of nitrogens with zero attached hydrogens (tertiary/aromatic N) is 1. The fraction of sp³-hybridized carbons (Fsp3) is 0.250. The van der Waals surface area contributed by atoms with E-state index in [4.69, 9.17) is 14.6 Å². The lowest BCUT2D eigenvalue weighted by molar-refractivity contribution is -0.131. The molecule has 22 heavy (non-hydrogen) atoms. The third kappa shape index (κ3) is 3.28. The summed E-state index contributed by atoms with van der Waals surface area (Å²) in [7, 11) is 1.49. The van der Waals surface area contributed by atoms with Crippen molar-refractivity contribution >= 4 is 23.6 Å². The molecule has 0 aliphatic carbocycles. The fourth-order valence-electron chi connectivity index (χ4n) is 2.16. The number of carboxylic acids is 1. The van der Waals surface area contributed by atoms with Crippen LogP contribution in [0.5, 0.6) is 11.5 Å². The number of carbonyl (C=O) groups excluding carboxylic acids is 1. The summed E-state index contributed by atoms with van der Waals surface area (Å²) in [5, 5.41) is 8.73. The molecule has 116 valence electrons. The van der Waals surface area contributed by atoms with Gasteiger partial charge in [-0.3, -0.25) is 4.79 Å². The highest BCUT2D eigenvalue weighted by Crippen LogP contribution is 2.41. The van der Waals surface area contributed by atoms with Gasteiger partial charge in [0.15, 0.2) is 18.1 Å². The van der Waals surface area contributed by atoms with Crippen LogP contribution in [0.25, 0.3) is 6.08 Å². The second-order valence-electron chi connectivity index (χ2n) is 4.97. The largest absolute Gasteiger partial charge is 0.493 e. The molecule has 0 aromatic heterocycles. The number of anilines is 1. The third-order valence-corrected chi connectivity index (χ3v) is 3.06. The molecule has 0 radical (unpaired) electrons. The Hall–Kier alpha value is -2.76. The van der Waals surface area contributed by atoms with Crippen molar-refractivity contribution in [3.8, 4) is 11.5 Å². The van der Waals surface area contributed by atoms with E-state index in [1.807, 2.05) is 6.92 Å². The van der Waals surface area contributed by atoms with Crippen LogP contribution >= 0.6 is 0 Å². The van der Waals surface area contributed by atoms with Crippen LogP contribution in [0.3, 0.4) is 0 Å². The number of methoxy groups -OCH3 is 1. The molecule has 1 heterocycles. The summed E-state index contributed by atoms with van der Waals surface area (Å²) in [4.78, 5) is 24.3. The normalized spacial score (nSPS) is 13.7. The second kappa shape index (κ2) is 6.34. The van der Waals surface area contributed by atoms with Gasteiger partial charge in [-0.15, -0.1) is 0 Å². The smallest absolute Gasteiger partial charge is 0.328 e. The molecule has 1 aromatic rings. The zero-order chi connectivity index (χ0) is 16.3. The van der Waals surface area contributed by atoms with Gasteiger partial charge in [-0.05, 0) is 30.7 Å². The maximum absolute atomic E-state index is 12.1. The van der Waals surface area contributed by atoms with Gasteiger partial charge in [-0.2, -0.15) is 0 Å². The van der Waals surface area contributed by atoms with Crippen molar-refractivity contribution in [2.45, 2.75) is 6.92 Å². The second-order valence-corrected chi connectivity index (χ2v) is 4.97. The molecular weight excluding hydrogens is 286 g/mol. The number of aliphatic carboxylic acids is 1. The molecular formula is C16H17NO5. The lowest BCUT2D eigenvalue weighted by atomic mass is 10.1. The Labute approximate surface area is 128 Å². The fourth-order valence-corrected chi connectivity index (χ4v) is 2.16. The number of fused-ring (bicyclic) bond motifs is 1. The first-order valence-corrected chi connectivity index (χ1v) is 6.63. The van der Waals surface area contributed by atoms with E-state index in [-0.39, 0.29) is 12.5 Å². The van der Waals surface area contributed by atoms with Crippen LogP contribution in [0, 0.1) is 0 Å². The summed E-state index contributed by atoms with van der Waals surface area (Å²) in [6.07, 6.45) is 2.46. The van der Waals surface area contributed by atoms with Gasteiger partial charge in [-0.1, -0.05) is 12.2 Å². The van der Waals surface area contributed by atoms with Crippen molar-refractivity contribution in [2.75, 3.05) is 25.2 Å². The zero-order valence-corrected chi connectivity index (χ0v) is 12.5. The Bertz CT molecular complexity index is 663. The highest BCUT2D eigenvalue weighted by molar-refractivity contribution is 5.99. The minimum atomic E-state index is -1.05. The monoisotopic (exact) mass is 303 g/mol.